The summed E-state index contributed by atoms with van der Waals surface area (Å²) >= 11 is 0. The Morgan fingerprint density at radius 3 is 2.23 bits per heavy atom. The van der Waals surface area contributed by atoms with Crippen LogP contribution in [0.4, 0.5) is 0 Å². The molecule has 0 aliphatic carbocycles. The number of rotatable bonds is 7. The number of hydrogen-bond acceptors (Lipinski definition) is 6. The summed E-state index contributed by atoms with van der Waals surface area (Å²) in [4.78, 5) is 15.3. The van der Waals surface area contributed by atoms with Crippen LogP contribution < -0.4 is 14.2 Å². The number of ether oxygens (including phenoxy) is 3. The number of piperidine rings is 1. The molecule has 1 N–H and O–H groups in total. The number of likely N-dealkylation sites (tertiary alicyclic amines) is 1. The maximum atomic E-state index is 13.0. The van der Waals surface area contributed by atoms with Crippen LogP contribution in [0.5, 0.6) is 23.0 Å². The summed E-state index contributed by atoms with van der Waals surface area (Å²) in [6.07, 6.45) is 4.94. The monoisotopic (exact) mass is 411 g/mol. The van der Waals surface area contributed by atoms with Crippen molar-refractivity contribution in [2.24, 2.45) is 0 Å². The molecule has 1 aliphatic heterocycles. The highest BCUT2D eigenvalue weighted by Crippen LogP contribution is 2.45. The number of phenolic OH excluding ortho intramolecular Hbond substituents is 1. The summed E-state index contributed by atoms with van der Waals surface area (Å²) in [5, 5.41) is 11.1. The van der Waals surface area contributed by atoms with Gasteiger partial charge in [0.2, 0.25) is 0 Å². The van der Waals surface area contributed by atoms with E-state index in [9.17, 15) is 9.90 Å². The minimum absolute atomic E-state index is 0.0508. The number of carbonyl (C=O) groups excluding carboxylic acids is 1. The second kappa shape index (κ2) is 9.67. The molecule has 1 heterocycles. The third-order valence-corrected chi connectivity index (χ3v) is 5.62. The van der Waals surface area contributed by atoms with Crippen LogP contribution in [0.1, 0.15) is 40.2 Å². The molecule has 0 aromatic heterocycles. The van der Waals surface area contributed by atoms with Crippen molar-refractivity contribution in [3.63, 3.8) is 0 Å². The maximum absolute atomic E-state index is 13.0. The lowest BCUT2D eigenvalue weighted by molar-refractivity contribution is 0.104. The number of carbonyl (C=O) groups is 1. The average Bonchev–Trinajstić information content (AvgIpc) is 2.77. The van der Waals surface area contributed by atoms with Crippen molar-refractivity contribution >= 4 is 11.9 Å². The molecule has 0 bridgehead atoms. The van der Waals surface area contributed by atoms with Gasteiger partial charge in [0.1, 0.15) is 28.6 Å². The quantitative estimate of drug-likeness (QED) is 0.546. The Kier molecular flexibility index (Phi) is 7.00. The summed E-state index contributed by atoms with van der Waals surface area (Å²) in [6.45, 7) is 1.86. The summed E-state index contributed by atoms with van der Waals surface area (Å²) in [5.74, 6) is 1.34. The van der Waals surface area contributed by atoms with Crippen LogP contribution in [0.3, 0.4) is 0 Å². The lowest BCUT2D eigenvalue weighted by Crippen LogP contribution is -2.29. The van der Waals surface area contributed by atoms with Crippen molar-refractivity contribution < 1.29 is 24.1 Å². The maximum Gasteiger partial charge on any atom is 0.193 e. The fraction of sp³-hybridized carbons (Fsp3) is 0.375. The van der Waals surface area contributed by atoms with Crippen LogP contribution in [-0.2, 0) is 0 Å². The Bertz CT molecular complexity index is 912. The smallest absolute Gasteiger partial charge is 0.193 e. The molecule has 6 heteroatoms. The average molecular weight is 411 g/mol. The highest BCUT2D eigenvalue weighted by atomic mass is 16.5. The van der Waals surface area contributed by atoms with Crippen LogP contribution in [0, 0.1) is 0 Å². The van der Waals surface area contributed by atoms with E-state index in [1.165, 1.54) is 13.2 Å². The normalized spacial score (nSPS) is 15.3. The molecule has 0 radical (unpaired) electrons. The second-order valence-corrected chi connectivity index (χ2v) is 7.47. The van der Waals surface area contributed by atoms with Gasteiger partial charge < -0.3 is 24.2 Å². The molecule has 0 amide bonds. The topological polar surface area (TPSA) is 68.2 Å². The number of allylic oxidation sites excluding steroid dienone is 1. The molecule has 0 atom stereocenters. The predicted octanol–water partition coefficient (Wildman–Crippen LogP) is 4.12. The van der Waals surface area contributed by atoms with Gasteiger partial charge in [0.05, 0.1) is 21.3 Å². The summed E-state index contributed by atoms with van der Waals surface area (Å²) < 4.78 is 16.1. The number of benzene rings is 2. The van der Waals surface area contributed by atoms with E-state index in [0.717, 1.165) is 37.2 Å². The third kappa shape index (κ3) is 4.60. The fourth-order valence-electron chi connectivity index (χ4n) is 3.87. The van der Waals surface area contributed by atoms with Gasteiger partial charge in [0.25, 0.3) is 0 Å². The molecule has 30 heavy (non-hydrogen) atoms. The van der Waals surface area contributed by atoms with Crippen molar-refractivity contribution in [1.82, 2.24) is 4.90 Å². The molecule has 0 saturated carbocycles. The number of hydrogen-bond donors (Lipinski definition) is 1. The van der Waals surface area contributed by atoms with Crippen molar-refractivity contribution in [2.75, 3.05) is 41.5 Å². The Morgan fingerprint density at radius 1 is 1.03 bits per heavy atom. The highest BCUT2D eigenvalue weighted by Gasteiger charge is 2.29. The lowest BCUT2D eigenvalue weighted by Gasteiger charge is -2.31. The number of nitrogens with zero attached hydrogens (tertiary/aromatic N) is 1. The van der Waals surface area contributed by atoms with Crippen molar-refractivity contribution in [1.29, 1.82) is 0 Å². The molecule has 6 nitrogen and oxygen atoms in total. The first kappa shape index (κ1) is 21.7. The zero-order chi connectivity index (χ0) is 21.7. The van der Waals surface area contributed by atoms with Crippen LogP contribution in [-0.4, -0.2) is 57.3 Å². The molecule has 160 valence electrons. The molecule has 1 aliphatic rings. The van der Waals surface area contributed by atoms with Gasteiger partial charge in [0, 0.05) is 11.6 Å². The number of ketones is 1. The minimum atomic E-state index is -0.322. The van der Waals surface area contributed by atoms with Gasteiger partial charge in [-0.05, 0) is 62.7 Å². The van der Waals surface area contributed by atoms with Gasteiger partial charge >= 0.3 is 0 Å². The van der Waals surface area contributed by atoms with Crippen LogP contribution in [0.25, 0.3) is 6.08 Å². The summed E-state index contributed by atoms with van der Waals surface area (Å²) in [6, 6.07) is 9.07. The van der Waals surface area contributed by atoms with Crippen molar-refractivity contribution in [3.05, 3.63) is 53.1 Å². The Balaban J connectivity index is 1.96. The van der Waals surface area contributed by atoms with E-state index >= 15 is 0 Å². The largest absolute Gasteiger partial charge is 0.507 e. The molecule has 0 spiro atoms. The first-order valence-corrected chi connectivity index (χ1v) is 10.0. The van der Waals surface area contributed by atoms with Gasteiger partial charge in [0.15, 0.2) is 5.78 Å². The zero-order valence-corrected chi connectivity index (χ0v) is 18.0. The number of phenols is 1. The molecule has 1 fully saturated rings. The van der Waals surface area contributed by atoms with Crippen LogP contribution in [0.15, 0.2) is 36.4 Å². The van der Waals surface area contributed by atoms with E-state index in [2.05, 4.69) is 11.9 Å². The van der Waals surface area contributed by atoms with E-state index in [-0.39, 0.29) is 23.0 Å². The lowest BCUT2D eigenvalue weighted by atomic mass is 9.86. The van der Waals surface area contributed by atoms with E-state index in [4.69, 9.17) is 14.2 Å². The van der Waals surface area contributed by atoms with E-state index in [1.54, 1.807) is 26.4 Å². The summed E-state index contributed by atoms with van der Waals surface area (Å²) in [7, 11) is 6.74. The highest BCUT2D eigenvalue weighted by molar-refractivity contribution is 6.11. The van der Waals surface area contributed by atoms with Crippen molar-refractivity contribution in [2.45, 2.75) is 18.8 Å². The van der Waals surface area contributed by atoms with E-state index in [0.29, 0.717) is 17.1 Å². The molecule has 2 aromatic carbocycles. The zero-order valence-electron chi connectivity index (χ0n) is 18.0. The van der Waals surface area contributed by atoms with Gasteiger partial charge in [-0.25, -0.2) is 0 Å². The SMILES string of the molecule is COc1ccc(/C=C/C(=O)c2c(OC)cc(OC)c(C3CCN(C)CC3)c2O)cc1. The molecule has 3 rings (SSSR count). The standard InChI is InChI=1S/C24H29NO5/c1-25-13-11-17(12-14-25)22-20(29-3)15-21(30-4)23(24(22)27)19(26)10-7-16-5-8-18(28-2)9-6-16/h5-10,15,17,27H,11-14H2,1-4H3/b10-7+. The Morgan fingerprint density at radius 2 is 1.67 bits per heavy atom. The second-order valence-electron chi connectivity index (χ2n) is 7.47. The van der Waals surface area contributed by atoms with E-state index < -0.39 is 0 Å². The van der Waals surface area contributed by atoms with Gasteiger partial charge in [-0.1, -0.05) is 18.2 Å². The Hall–Kier alpha value is -2.99. The molecule has 1 saturated heterocycles. The molecular weight excluding hydrogens is 382 g/mol. The molecular formula is C24H29NO5. The first-order chi connectivity index (χ1) is 14.5. The Labute approximate surface area is 177 Å². The minimum Gasteiger partial charge on any atom is -0.507 e. The molecule has 0 unspecified atom stereocenters. The summed E-state index contributed by atoms with van der Waals surface area (Å²) in [5.41, 5.74) is 1.70. The van der Waals surface area contributed by atoms with Gasteiger partial charge in [-0.2, -0.15) is 0 Å². The fourth-order valence-corrected chi connectivity index (χ4v) is 3.87. The van der Waals surface area contributed by atoms with Crippen LogP contribution >= 0.6 is 0 Å². The van der Waals surface area contributed by atoms with Crippen LogP contribution in [0.2, 0.25) is 0 Å². The predicted molar refractivity (Wildman–Crippen MR) is 117 cm³/mol. The third-order valence-electron chi connectivity index (χ3n) is 5.62. The van der Waals surface area contributed by atoms with Gasteiger partial charge in [-0.3, -0.25) is 4.79 Å². The first-order valence-electron chi connectivity index (χ1n) is 10.0. The van der Waals surface area contributed by atoms with Crippen molar-refractivity contribution in [3.8, 4) is 23.0 Å². The number of methoxy groups -OCH3 is 3. The number of aromatic hydroxyl groups is 1. The molecule has 2 aromatic rings. The van der Waals surface area contributed by atoms with E-state index in [1.807, 2.05) is 24.3 Å². The van der Waals surface area contributed by atoms with Gasteiger partial charge in [-0.15, -0.1) is 0 Å².